The lowest BCUT2D eigenvalue weighted by atomic mass is 9.93. The molecular formula is C14H28N3OS+. The van der Waals surface area contributed by atoms with Gasteiger partial charge in [-0.05, 0) is 45.7 Å². The molecule has 1 unspecified atom stereocenters. The van der Waals surface area contributed by atoms with Crippen molar-refractivity contribution in [1.29, 1.82) is 0 Å². The fourth-order valence-corrected chi connectivity index (χ4v) is 2.77. The number of rotatable bonds is 7. The number of hydrogen-bond acceptors (Lipinski definition) is 4. The van der Waals surface area contributed by atoms with Gasteiger partial charge in [0.2, 0.25) is 0 Å². The summed E-state index contributed by atoms with van der Waals surface area (Å²) in [5.74, 6) is 0.818. The molecule has 1 rings (SSSR count). The number of thiol groups is 1. The largest absolute Gasteiger partial charge is 0.443 e. The van der Waals surface area contributed by atoms with E-state index in [1.165, 1.54) is 25.7 Å². The van der Waals surface area contributed by atoms with Gasteiger partial charge in [0.05, 0.1) is 6.61 Å². The number of nitrogens with zero attached hydrogens (tertiary/aromatic N) is 2. The Hall–Kier alpha value is -0.550. The zero-order chi connectivity index (χ0) is 14.1. The van der Waals surface area contributed by atoms with Crippen LogP contribution in [-0.2, 0) is 4.74 Å². The first-order valence-corrected chi connectivity index (χ1v) is 7.75. The number of piperidine rings is 1. The molecule has 0 aliphatic carbocycles. The van der Waals surface area contributed by atoms with Crippen LogP contribution in [0.2, 0.25) is 0 Å². The summed E-state index contributed by atoms with van der Waals surface area (Å²) < 4.78 is 9.68. The minimum absolute atomic E-state index is 0.354. The third kappa shape index (κ3) is 5.95. The predicted molar refractivity (Wildman–Crippen MR) is 83.7 cm³/mol. The van der Waals surface area contributed by atoms with Gasteiger partial charge in [0.15, 0.2) is 5.71 Å². The molecule has 1 saturated heterocycles. The van der Waals surface area contributed by atoms with Crippen molar-refractivity contribution in [3.63, 3.8) is 0 Å². The van der Waals surface area contributed by atoms with E-state index < -0.39 is 0 Å². The molecule has 4 nitrogen and oxygen atoms in total. The maximum atomic E-state index is 6.02. The Morgan fingerprint density at radius 1 is 1.42 bits per heavy atom. The summed E-state index contributed by atoms with van der Waals surface area (Å²) >= 11 is 4.06. The predicted octanol–water partition coefficient (Wildman–Crippen LogP) is 1.37. The van der Waals surface area contributed by atoms with Crippen LogP contribution in [0.25, 0.3) is 0 Å². The zero-order valence-corrected chi connectivity index (χ0v) is 13.2. The average Bonchev–Trinajstić information content (AvgIpc) is 2.39. The van der Waals surface area contributed by atoms with E-state index in [0.717, 1.165) is 31.6 Å². The average molecular weight is 286 g/mol. The maximum Gasteiger partial charge on any atom is 0.382 e. The minimum Gasteiger partial charge on any atom is -0.443 e. The third-order valence-corrected chi connectivity index (χ3v) is 3.84. The molecule has 1 fully saturated rings. The minimum atomic E-state index is 0.354. The van der Waals surface area contributed by atoms with Crippen molar-refractivity contribution in [3.8, 4) is 0 Å². The van der Waals surface area contributed by atoms with E-state index in [2.05, 4.69) is 36.1 Å². The van der Waals surface area contributed by atoms with Crippen LogP contribution < -0.4 is 5.41 Å². The number of ether oxygens (including phenoxy) is 1. The fourth-order valence-electron chi connectivity index (χ4n) is 2.51. The highest BCUT2D eigenvalue weighted by Gasteiger charge is 2.28. The van der Waals surface area contributed by atoms with Crippen LogP contribution in [0.4, 0.5) is 0 Å². The van der Waals surface area contributed by atoms with Gasteiger partial charge in [0.25, 0.3) is 0 Å². The standard InChI is InChI=1S/C14H27N3OS/c1-3-4-5-6-10-18-14(15)13(16-19)12-8-7-9-17(2)11-12/h12,15,19H,3-11H2,1-2H3/p+1/b15-14?,16-13-. The highest BCUT2D eigenvalue weighted by molar-refractivity contribution is 7.79. The maximum absolute atomic E-state index is 6.02. The quantitative estimate of drug-likeness (QED) is 0.321. The number of likely N-dealkylation sites (tertiary alicyclic amines) is 1. The summed E-state index contributed by atoms with van der Waals surface area (Å²) in [6.07, 6.45) is 7.03. The molecule has 19 heavy (non-hydrogen) atoms. The molecule has 110 valence electrons. The second kappa shape index (κ2) is 9.37. The van der Waals surface area contributed by atoms with Gasteiger partial charge in [-0.25, -0.2) is 9.81 Å². The smallest absolute Gasteiger partial charge is 0.382 e. The van der Waals surface area contributed by atoms with Gasteiger partial charge in [-0.15, -0.1) is 0 Å². The number of unbranched alkanes of at least 4 members (excludes halogenated alkanes) is 3. The first kappa shape index (κ1) is 16.5. The lowest BCUT2D eigenvalue weighted by molar-refractivity contribution is -0.136. The molecule has 0 saturated carbocycles. The van der Waals surface area contributed by atoms with Crippen molar-refractivity contribution in [2.75, 3.05) is 26.7 Å². The zero-order valence-electron chi connectivity index (χ0n) is 12.3. The molecule has 0 spiro atoms. The van der Waals surface area contributed by atoms with Crippen LogP contribution in [0.15, 0.2) is 4.40 Å². The van der Waals surface area contributed by atoms with Gasteiger partial charge < -0.3 is 9.64 Å². The van der Waals surface area contributed by atoms with Gasteiger partial charge >= 0.3 is 5.90 Å². The van der Waals surface area contributed by atoms with Gasteiger partial charge in [-0.3, -0.25) is 0 Å². The van der Waals surface area contributed by atoms with Gasteiger partial charge in [0.1, 0.15) is 0 Å². The lowest BCUT2D eigenvalue weighted by Crippen LogP contribution is -2.51. The van der Waals surface area contributed by atoms with Crippen molar-refractivity contribution in [2.45, 2.75) is 45.4 Å². The molecule has 0 amide bonds. The molecule has 0 radical (unpaired) electrons. The summed E-state index contributed by atoms with van der Waals surface area (Å²) in [5.41, 5.74) is 0.824. The Morgan fingerprint density at radius 3 is 2.84 bits per heavy atom. The summed E-state index contributed by atoms with van der Waals surface area (Å²) in [4.78, 5) is 2.31. The molecule has 2 N–H and O–H groups in total. The van der Waals surface area contributed by atoms with Crippen molar-refractivity contribution in [1.82, 2.24) is 4.90 Å². The van der Waals surface area contributed by atoms with Gasteiger partial charge in [-0.2, -0.15) is 0 Å². The van der Waals surface area contributed by atoms with E-state index in [1.807, 2.05) is 0 Å². The van der Waals surface area contributed by atoms with Gasteiger partial charge in [0, 0.05) is 12.5 Å². The molecule has 0 bridgehead atoms. The van der Waals surface area contributed by atoms with E-state index in [4.69, 9.17) is 10.1 Å². The second-order valence-electron chi connectivity index (χ2n) is 5.36. The molecule has 1 heterocycles. The SMILES string of the molecule is CCCCCCOC(=[NH2+])/C(=N\S)C1CCCN(C)C1. The Balaban J connectivity index is 2.35. The first-order chi connectivity index (χ1) is 9.19. The molecular weight excluding hydrogens is 258 g/mol. The topological polar surface area (TPSA) is 50.4 Å². The summed E-state index contributed by atoms with van der Waals surface area (Å²) in [7, 11) is 2.13. The molecule has 1 atom stereocenters. The number of nitrogens with two attached hydrogens (primary N) is 1. The van der Waals surface area contributed by atoms with Crippen LogP contribution in [0.3, 0.4) is 0 Å². The Kier molecular flexibility index (Phi) is 8.14. The van der Waals surface area contributed by atoms with Gasteiger partial charge in [-0.1, -0.05) is 26.2 Å². The van der Waals surface area contributed by atoms with E-state index in [-0.39, 0.29) is 0 Å². The van der Waals surface area contributed by atoms with Crippen molar-refractivity contribution in [3.05, 3.63) is 0 Å². The van der Waals surface area contributed by atoms with E-state index in [0.29, 0.717) is 18.4 Å². The van der Waals surface area contributed by atoms with E-state index in [1.54, 1.807) is 0 Å². The van der Waals surface area contributed by atoms with Crippen LogP contribution in [0, 0.1) is 5.92 Å². The fraction of sp³-hybridized carbons (Fsp3) is 0.857. The number of hydrogen-bond donors (Lipinski definition) is 2. The normalized spacial score (nSPS) is 21.4. The monoisotopic (exact) mass is 286 g/mol. The first-order valence-electron chi connectivity index (χ1n) is 7.35. The van der Waals surface area contributed by atoms with Crippen molar-refractivity contribution in [2.24, 2.45) is 10.3 Å². The highest BCUT2D eigenvalue weighted by Crippen LogP contribution is 2.18. The Morgan fingerprint density at radius 2 is 2.21 bits per heavy atom. The summed E-state index contributed by atoms with van der Waals surface area (Å²) in [6.45, 7) is 5.02. The second-order valence-corrected chi connectivity index (χ2v) is 5.56. The molecule has 0 aromatic rings. The van der Waals surface area contributed by atoms with E-state index in [9.17, 15) is 0 Å². The highest BCUT2D eigenvalue weighted by atomic mass is 32.1. The third-order valence-electron chi connectivity index (χ3n) is 3.63. The van der Waals surface area contributed by atoms with Crippen molar-refractivity contribution < 1.29 is 10.1 Å². The van der Waals surface area contributed by atoms with E-state index >= 15 is 0 Å². The molecule has 0 aromatic carbocycles. The lowest BCUT2D eigenvalue weighted by Gasteiger charge is -2.29. The van der Waals surface area contributed by atoms with Crippen LogP contribution >= 0.6 is 12.8 Å². The van der Waals surface area contributed by atoms with Crippen LogP contribution in [0.5, 0.6) is 0 Å². The van der Waals surface area contributed by atoms with Crippen molar-refractivity contribution >= 4 is 24.4 Å². The summed E-state index contributed by atoms with van der Waals surface area (Å²) in [5, 5.41) is 6.02. The Labute approximate surface area is 122 Å². The Bertz CT molecular complexity index is 307. The molecule has 0 aromatic heterocycles. The molecule has 1 aliphatic heterocycles. The van der Waals surface area contributed by atoms with Crippen LogP contribution in [0.1, 0.15) is 45.4 Å². The van der Waals surface area contributed by atoms with Crippen LogP contribution in [-0.4, -0.2) is 43.3 Å². The summed E-state index contributed by atoms with van der Waals surface area (Å²) in [6, 6.07) is 0. The molecule has 5 heteroatoms. The molecule has 1 aliphatic rings.